The SMILES string of the molecule is CNc1ccc(S(=O)(=O)NCc2nc(C)c(C)o2)cn1. The monoisotopic (exact) mass is 296 g/mol. The van der Waals surface area contributed by atoms with E-state index < -0.39 is 10.0 Å². The molecule has 0 bridgehead atoms. The van der Waals surface area contributed by atoms with Gasteiger partial charge >= 0.3 is 0 Å². The predicted octanol–water partition coefficient (Wildman–Crippen LogP) is 1.21. The van der Waals surface area contributed by atoms with Crippen molar-refractivity contribution in [1.29, 1.82) is 0 Å². The number of nitrogens with one attached hydrogen (secondary N) is 2. The van der Waals surface area contributed by atoms with Gasteiger partial charge in [0.2, 0.25) is 15.9 Å². The number of oxazole rings is 1. The van der Waals surface area contributed by atoms with Crippen molar-refractivity contribution in [1.82, 2.24) is 14.7 Å². The maximum absolute atomic E-state index is 12.1. The molecule has 0 aliphatic carbocycles. The van der Waals surface area contributed by atoms with Gasteiger partial charge in [0.1, 0.15) is 16.5 Å². The molecule has 2 N–H and O–H groups in total. The Labute approximate surface area is 117 Å². The van der Waals surface area contributed by atoms with Gasteiger partial charge in [0, 0.05) is 13.2 Å². The lowest BCUT2D eigenvalue weighted by atomic mass is 10.4. The Balaban J connectivity index is 2.10. The highest BCUT2D eigenvalue weighted by Crippen LogP contribution is 2.12. The van der Waals surface area contributed by atoms with Gasteiger partial charge in [-0.25, -0.2) is 23.1 Å². The van der Waals surface area contributed by atoms with Crippen molar-refractivity contribution >= 4 is 15.8 Å². The Morgan fingerprint density at radius 2 is 2.05 bits per heavy atom. The molecule has 0 amide bonds. The van der Waals surface area contributed by atoms with Crippen LogP contribution in [0.15, 0.2) is 27.6 Å². The molecule has 0 saturated carbocycles. The van der Waals surface area contributed by atoms with Crippen molar-refractivity contribution in [2.45, 2.75) is 25.3 Å². The summed E-state index contributed by atoms with van der Waals surface area (Å²) in [4.78, 5) is 8.18. The molecule has 2 rings (SSSR count). The Bertz CT molecular complexity index is 672. The molecular weight excluding hydrogens is 280 g/mol. The van der Waals surface area contributed by atoms with Crippen molar-refractivity contribution in [3.05, 3.63) is 35.7 Å². The molecule has 0 atom stereocenters. The number of anilines is 1. The van der Waals surface area contributed by atoms with Crippen LogP contribution >= 0.6 is 0 Å². The summed E-state index contributed by atoms with van der Waals surface area (Å²) < 4.78 is 31.9. The van der Waals surface area contributed by atoms with Crippen LogP contribution in [0.1, 0.15) is 17.3 Å². The van der Waals surface area contributed by atoms with Gasteiger partial charge in [-0.3, -0.25) is 0 Å². The maximum atomic E-state index is 12.1. The highest BCUT2D eigenvalue weighted by molar-refractivity contribution is 7.89. The lowest BCUT2D eigenvalue weighted by Gasteiger charge is -2.05. The number of pyridine rings is 1. The quantitative estimate of drug-likeness (QED) is 0.860. The minimum absolute atomic E-state index is 0.00475. The van der Waals surface area contributed by atoms with Gasteiger partial charge in [0.05, 0.1) is 12.2 Å². The van der Waals surface area contributed by atoms with Gasteiger partial charge in [-0.05, 0) is 26.0 Å². The van der Waals surface area contributed by atoms with E-state index in [0.717, 1.165) is 5.69 Å². The third-order valence-corrected chi connectivity index (χ3v) is 4.18. The first-order valence-corrected chi connectivity index (χ1v) is 7.47. The van der Waals surface area contributed by atoms with Crippen molar-refractivity contribution < 1.29 is 12.8 Å². The summed E-state index contributed by atoms with van der Waals surface area (Å²) in [5.74, 6) is 1.62. The standard InChI is InChI=1S/C12H16N4O3S/c1-8-9(2)19-12(16-8)7-15-20(17,18)10-4-5-11(13-3)14-6-10/h4-6,15H,7H2,1-3H3,(H,13,14). The zero-order valence-corrected chi connectivity index (χ0v) is 12.3. The average molecular weight is 296 g/mol. The van der Waals surface area contributed by atoms with E-state index in [1.807, 2.05) is 0 Å². The highest BCUT2D eigenvalue weighted by Gasteiger charge is 2.16. The lowest BCUT2D eigenvalue weighted by Crippen LogP contribution is -2.23. The topological polar surface area (TPSA) is 97.1 Å². The molecule has 0 aliphatic heterocycles. The predicted molar refractivity (Wildman–Crippen MR) is 73.8 cm³/mol. The molecule has 0 aliphatic rings. The fourth-order valence-electron chi connectivity index (χ4n) is 1.54. The molecule has 7 nitrogen and oxygen atoms in total. The molecule has 0 saturated heterocycles. The van der Waals surface area contributed by atoms with E-state index in [9.17, 15) is 8.42 Å². The zero-order chi connectivity index (χ0) is 14.8. The Morgan fingerprint density at radius 1 is 1.30 bits per heavy atom. The zero-order valence-electron chi connectivity index (χ0n) is 11.5. The van der Waals surface area contributed by atoms with Gasteiger partial charge in [-0.15, -0.1) is 0 Å². The van der Waals surface area contributed by atoms with Crippen LogP contribution < -0.4 is 10.0 Å². The normalized spacial score (nSPS) is 11.6. The third kappa shape index (κ3) is 3.14. The largest absolute Gasteiger partial charge is 0.444 e. The van der Waals surface area contributed by atoms with Crippen molar-refractivity contribution in [2.24, 2.45) is 0 Å². The average Bonchev–Trinajstić information content (AvgIpc) is 2.76. The van der Waals surface area contributed by atoms with E-state index in [-0.39, 0.29) is 11.4 Å². The minimum atomic E-state index is -3.63. The first kappa shape index (κ1) is 14.5. The van der Waals surface area contributed by atoms with Crippen LogP contribution in [-0.4, -0.2) is 25.4 Å². The smallest absolute Gasteiger partial charge is 0.242 e. The van der Waals surface area contributed by atoms with Gasteiger partial charge in [0.15, 0.2) is 0 Å². The number of rotatable bonds is 5. The fourth-order valence-corrected chi connectivity index (χ4v) is 2.46. The van der Waals surface area contributed by atoms with Gasteiger partial charge in [0.25, 0.3) is 0 Å². The summed E-state index contributed by atoms with van der Waals surface area (Å²) in [5, 5.41) is 2.82. The van der Waals surface area contributed by atoms with E-state index in [4.69, 9.17) is 4.42 Å². The molecule has 8 heteroatoms. The summed E-state index contributed by atoms with van der Waals surface area (Å²) >= 11 is 0. The number of hydrogen-bond donors (Lipinski definition) is 2. The van der Waals surface area contributed by atoms with Crippen molar-refractivity contribution in [3.63, 3.8) is 0 Å². The van der Waals surface area contributed by atoms with Crippen LogP contribution in [0.25, 0.3) is 0 Å². The van der Waals surface area contributed by atoms with E-state index in [0.29, 0.717) is 17.5 Å². The second kappa shape index (κ2) is 5.59. The second-order valence-electron chi connectivity index (χ2n) is 4.20. The van der Waals surface area contributed by atoms with Crippen molar-refractivity contribution in [3.8, 4) is 0 Å². The molecule has 0 fully saturated rings. The Kier molecular flexibility index (Phi) is 4.05. The number of aryl methyl sites for hydroxylation is 2. The van der Waals surface area contributed by atoms with Crippen molar-refractivity contribution in [2.75, 3.05) is 12.4 Å². The molecule has 2 aromatic rings. The molecule has 2 heterocycles. The van der Waals surface area contributed by atoms with Crippen LogP contribution in [0.3, 0.4) is 0 Å². The fraction of sp³-hybridized carbons (Fsp3) is 0.333. The Morgan fingerprint density at radius 3 is 2.55 bits per heavy atom. The molecular formula is C12H16N4O3S. The van der Waals surface area contributed by atoms with E-state index in [1.54, 1.807) is 27.0 Å². The summed E-state index contributed by atoms with van der Waals surface area (Å²) in [5.41, 5.74) is 0.749. The molecule has 0 spiro atoms. The van der Waals surface area contributed by atoms with E-state index in [2.05, 4.69) is 20.0 Å². The first-order valence-electron chi connectivity index (χ1n) is 5.99. The molecule has 108 valence electrons. The Hall–Kier alpha value is -1.93. The van der Waals surface area contributed by atoms with Crippen LogP contribution in [0.4, 0.5) is 5.82 Å². The molecule has 0 aromatic carbocycles. The number of sulfonamides is 1. The van der Waals surface area contributed by atoms with Crippen LogP contribution in [0.5, 0.6) is 0 Å². The first-order chi connectivity index (χ1) is 9.42. The molecule has 0 radical (unpaired) electrons. The van der Waals surface area contributed by atoms with Gasteiger partial charge in [-0.2, -0.15) is 0 Å². The number of aromatic nitrogens is 2. The molecule has 0 unspecified atom stereocenters. The minimum Gasteiger partial charge on any atom is -0.444 e. The maximum Gasteiger partial charge on any atom is 0.242 e. The molecule has 2 aromatic heterocycles. The van der Waals surface area contributed by atoms with Gasteiger partial charge in [-0.1, -0.05) is 0 Å². The van der Waals surface area contributed by atoms with E-state index in [1.165, 1.54) is 12.3 Å². The van der Waals surface area contributed by atoms with Gasteiger partial charge < -0.3 is 9.73 Å². The number of nitrogens with zero attached hydrogens (tertiary/aromatic N) is 2. The lowest BCUT2D eigenvalue weighted by molar-refractivity contribution is 0.463. The van der Waals surface area contributed by atoms with Crippen LogP contribution in [-0.2, 0) is 16.6 Å². The highest BCUT2D eigenvalue weighted by atomic mass is 32.2. The summed E-state index contributed by atoms with van der Waals surface area (Å²) in [6.45, 7) is 3.59. The van der Waals surface area contributed by atoms with E-state index >= 15 is 0 Å². The van der Waals surface area contributed by atoms with Crippen LogP contribution in [0.2, 0.25) is 0 Å². The summed E-state index contributed by atoms with van der Waals surface area (Å²) in [6.07, 6.45) is 1.29. The second-order valence-corrected chi connectivity index (χ2v) is 5.97. The summed E-state index contributed by atoms with van der Waals surface area (Å²) in [7, 11) is -1.92. The molecule has 20 heavy (non-hydrogen) atoms. The van der Waals surface area contributed by atoms with Crippen LogP contribution in [0, 0.1) is 13.8 Å². The summed E-state index contributed by atoms with van der Waals surface area (Å²) in [6, 6.07) is 3.07. The number of hydrogen-bond acceptors (Lipinski definition) is 6. The third-order valence-electron chi connectivity index (χ3n) is 2.79.